The van der Waals surface area contributed by atoms with E-state index in [-0.39, 0.29) is 13.2 Å². The molecule has 1 saturated heterocycles. The summed E-state index contributed by atoms with van der Waals surface area (Å²) < 4.78 is 6.33. The van der Waals surface area contributed by atoms with E-state index in [2.05, 4.69) is 32.3 Å². The normalized spacial score (nSPS) is 13.2. The largest absolute Gasteiger partial charge is 0.550 e. The Morgan fingerprint density at radius 1 is 1.02 bits per heavy atom. The lowest BCUT2D eigenvalue weighted by atomic mass is 10.2. The molecular weight excluding hydrogens is 588 g/mol. The zero-order chi connectivity index (χ0) is 33.4. The van der Waals surface area contributed by atoms with Gasteiger partial charge in [0.05, 0.1) is 32.7 Å². The zero-order valence-corrected chi connectivity index (χ0v) is 25.4. The highest BCUT2D eigenvalue weighted by molar-refractivity contribution is 5.79. The molecule has 3 heterocycles. The highest BCUT2D eigenvalue weighted by Gasteiger charge is 2.25. The summed E-state index contributed by atoms with van der Waals surface area (Å²) in [4.78, 5) is 65.3. The fourth-order valence-corrected chi connectivity index (χ4v) is 4.37. The smallest absolute Gasteiger partial charge is 0.408 e. The standard InChI is InChI=1S/C26H30N6O5.2C2H4O2/c1-19-15-32(17-22(24(33)34)28-26(36)37-18-21-5-3-2-4-6-21)25(35)29-23(19)31-13-11-30(12-14-31)16-20-7-9-27-10-8-20;2*1-2(3)4/h2-10,15,22H,11-14,16-18H2,1H3,(H,28,36)(H,33,34);2*1H3,(H,3,4)/t22-;;/m0../s1. The number of aliphatic carboxylic acids is 3. The van der Waals surface area contributed by atoms with E-state index in [4.69, 9.17) is 24.5 Å². The van der Waals surface area contributed by atoms with E-state index in [1.54, 1.807) is 18.3 Å². The number of carboxylic acid groups (broad SMARTS) is 3. The number of carboxylic acids is 3. The summed E-state index contributed by atoms with van der Waals surface area (Å²) in [6.45, 7) is 7.82. The second-order valence-corrected chi connectivity index (χ2v) is 10.1. The van der Waals surface area contributed by atoms with Gasteiger partial charge in [0.15, 0.2) is 12.4 Å². The van der Waals surface area contributed by atoms with Crippen molar-refractivity contribution in [2.24, 2.45) is 0 Å². The van der Waals surface area contributed by atoms with Crippen LogP contribution in [-0.4, -0.2) is 70.9 Å². The van der Waals surface area contributed by atoms with Crippen LogP contribution in [-0.2, 0) is 38.8 Å². The SMILES string of the molecule is CC(=O)[O-].CC(=O)[O-].Cc1cn(C[C@H](NC(=O)OCc2ccccc2)C(=O)O)c(=O)nc1N1CC[NH+](Cc2cc[nH+]cc2)CC1. The van der Waals surface area contributed by atoms with E-state index in [0.29, 0.717) is 5.82 Å². The van der Waals surface area contributed by atoms with Gasteiger partial charge in [-0.05, 0) is 26.3 Å². The Hall–Kier alpha value is -5.31. The van der Waals surface area contributed by atoms with E-state index in [1.807, 2.05) is 37.5 Å². The summed E-state index contributed by atoms with van der Waals surface area (Å²) in [5.41, 5.74) is 2.24. The number of H-pyrrole nitrogens is 1. The maximum absolute atomic E-state index is 12.8. The molecule has 3 aromatic rings. The first kappa shape index (κ1) is 35.9. The predicted molar refractivity (Wildman–Crippen MR) is 155 cm³/mol. The van der Waals surface area contributed by atoms with Crippen molar-refractivity contribution in [2.75, 3.05) is 31.1 Å². The predicted octanol–water partition coefficient (Wildman–Crippen LogP) is -2.84. The number of benzene rings is 1. The molecule has 15 nitrogen and oxygen atoms in total. The topological polar surface area (TPSA) is 213 Å². The van der Waals surface area contributed by atoms with Crippen LogP contribution in [0.15, 0.2) is 65.8 Å². The molecule has 0 saturated carbocycles. The van der Waals surface area contributed by atoms with Gasteiger partial charge < -0.3 is 44.8 Å². The van der Waals surface area contributed by atoms with Crippen LogP contribution in [0.1, 0.15) is 30.5 Å². The number of carbonyl (C=O) groups is 4. The number of amides is 1. The highest BCUT2D eigenvalue weighted by Crippen LogP contribution is 2.14. The van der Waals surface area contributed by atoms with Crippen molar-refractivity contribution >= 4 is 29.8 Å². The van der Waals surface area contributed by atoms with Gasteiger partial charge in [-0.15, -0.1) is 0 Å². The fourth-order valence-electron chi connectivity index (χ4n) is 4.37. The number of ether oxygens (including phenoxy) is 1. The molecule has 1 atom stereocenters. The molecule has 1 aromatic carbocycles. The van der Waals surface area contributed by atoms with Crippen LogP contribution in [0.4, 0.5) is 10.6 Å². The van der Waals surface area contributed by atoms with Gasteiger partial charge in [0, 0.05) is 41.4 Å². The number of aromatic nitrogens is 3. The number of aromatic amines is 1. The number of quaternary nitrogens is 1. The van der Waals surface area contributed by atoms with E-state index in [1.165, 1.54) is 15.0 Å². The molecule has 45 heavy (non-hydrogen) atoms. The Morgan fingerprint density at radius 3 is 2.16 bits per heavy atom. The van der Waals surface area contributed by atoms with Gasteiger partial charge in [-0.1, -0.05) is 30.3 Å². The summed E-state index contributed by atoms with van der Waals surface area (Å²) in [5, 5.41) is 29.7. The lowest BCUT2D eigenvalue weighted by molar-refractivity contribution is -0.914. The maximum atomic E-state index is 12.8. The van der Waals surface area contributed by atoms with Gasteiger partial charge >= 0.3 is 17.8 Å². The van der Waals surface area contributed by atoms with Gasteiger partial charge in [0.25, 0.3) is 0 Å². The molecule has 4 rings (SSSR count). The molecule has 0 aliphatic carbocycles. The summed E-state index contributed by atoms with van der Waals surface area (Å²) >= 11 is 0. The number of aryl methyl sites for hydroxylation is 1. The first-order valence-corrected chi connectivity index (χ1v) is 14.0. The molecule has 0 unspecified atom stereocenters. The van der Waals surface area contributed by atoms with E-state index in [0.717, 1.165) is 57.7 Å². The number of alkyl carbamates (subject to hydrolysis) is 1. The summed E-state index contributed by atoms with van der Waals surface area (Å²) in [6, 6.07) is 11.9. The van der Waals surface area contributed by atoms with Crippen LogP contribution in [0, 0.1) is 6.92 Å². The Kier molecular flexibility index (Phi) is 14.7. The lowest BCUT2D eigenvalue weighted by Gasteiger charge is -2.33. The fraction of sp³-hybridized carbons (Fsp3) is 0.367. The number of hydrogen-bond acceptors (Lipinski definition) is 10. The van der Waals surface area contributed by atoms with Crippen LogP contribution < -0.4 is 36.0 Å². The number of nitrogens with zero attached hydrogens (tertiary/aromatic N) is 3. The molecule has 1 aliphatic heterocycles. The van der Waals surface area contributed by atoms with E-state index in [9.17, 15) is 19.5 Å². The van der Waals surface area contributed by atoms with Crippen molar-refractivity contribution in [2.45, 2.75) is 46.5 Å². The third-order valence-corrected chi connectivity index (χ3v) is 6.34. The van der Waals surface area contributed by atoms with Gasteiger partial charge in [-0.3, -0.25) is 4.57 Å². The third kappa shape index (κ3) is 13.7. The van der Waals surface area contributed by atoms with Crippen molar-refractivity contribution in [3.8, 4) is 0 Å². The number of nitrogens with one attached hydrogen (secondary N) is 3. The first-order chi connectivity index (χ1) is 21.3. The second-order valence-electron chi connectivity index (χ2n) is 10.1. The summed E-state index contributed by atoms with van der Waals surface area (Å²) in [6.07, 6.45) is 4.56. The van der Waals surface area contributed by atoms with Crippen LogP contribution >= 0.6 is 0 Å². The second kappa shape index (κ2) is 18.4. The molecule has 4 N–H and O–H groups in total. The number of hydrogen-bond donors (Lipinski definition) is 3. The van der Waals surface area contributed by atoms with Crippen LogP contribution in [0.3, 0.4) is 0 Å². The Labute approximate surface area is 259 Å². The molecule has 242 valence electrons. The molecule has 2 aromatic heterocycles. The molecule has 1 aliphatic rings. The summed E-state index contributed by atoms with van der Waals surface area (Å²) in [7, 11) is 0. The molecule has 0 spiro atoms. The van der Waals surface area contributed by atoms with Gasteiger partial charge in [0.1, 0.15) is 25.0 Å². The number of rotatable bonds is 9. The Bertz CT molecular complexity index is 1440. The quantitative estimate of drug-likeness (QED) is 0.220. The number of carbonyl (C=O) groups excluding carboxylic acids is 3. The van der Waals surface area contributed by atoms with Crippen LogP contribution in [0.2, 0.25) is 0 Å². The highest BCUT2D eigenvalue weighted by atomic mass is 16.5. The summed E-state index contributed by atoms with van der Waals surface area (Å²) in [5.74, 6) is -2.84. The van der Waals surface area contributed by atoms with Gasteiger partial charge in [-0.25, -0.2) is 19.4 Å². The maximum Gasteiger partial charge on any atom is 0.408 e. The van der Waals surface area contributed by atoms with E-state index < -0.39 is 35.7 Å². The third-order valence-electron chi connectivity index (χ3n) is 6.34. The van der Waals surface area contributed by atoms with Crippen molar-refractivity contribution in [3.05, 3.63) is 88.2 Å². The van der Waals surface area contributed by atoms with Crippen molar-refractivity contribution in [1.29, 1.82) is 0 Å². The van der Waals surface area contributed by atoms with Crippen LogP contribution in [0.25, 0.3) is 0 Å². The van der Waals surface area contributed by atoms with E-state index >= 15 is 0 Å². The molecule has 1 fully saturated rings. The molecule has 15 heteroatoms. The minimum Gasteiger partial charge on any atom is -0.550 e. The van der Waals surface area contributed by atoms with Crippen molar-refractivity contribution in [1.82, 2.24) is 14.9 Å². The van der Waals surface area contributed by atoms with Crippen LogP contribution in [0.5, 0.6) is 0 Å². The molecule has 1 amide bonds. The average molecular weight is 627 g/mol. The zero-order valence-electron chi connectivity index (χ0n) is 25.4. The molecular formula is C30H38N6O9. The number of anilines is 1. The van der Waals surface area contributed by atoms with Gasteiger partial charge in [0.2, 0.25) is 0 Å². The van der Waals surface area contributed by atoms with Crippen molar-refractivity contribution in [3.63, 3.8) is 0 Å². The minimum absolute atomic E-state index is 0.00719. The Balaban J connectivity index is 0.000000789. The molecule has 0 bridgehead atoms. The van der Waals surface area contributed by atoms with Gasteiger partial charge in [-0.2, -0.15) is 4.98 Å². The monoisotopic (exact) mass is 626 g/mol. The first-order valence-electron chi connectivity index (χ1n) is 14.0. The molecule has 0 radical (unpaired) electrons. The average Bonchev–Trinajstić information content (AvgIpc) is 2.98. The number of piperazine rings is 1. The Morgan fingerprint density at radius 2 is 1.60 bits per heavy atom. The minimum atomic E-state index is -1.35. The van der Waals surface area contributed by atoms with Crippen molar-refractivity contribution < 1.29 is 49.1 Å². The number of pyridine rings is 1. The lowest BCUT2D eigenvalue weighted by Crippen LogP contribution is -3.13.